The second-order valence-corrected chi connectivity index (χ2v) is 7.02. The first-order chi connectivity index (χ1) is 8.76. The Bertz CT molecular complexity index is 591. The second-order valence-electron chi connectivity index (χ2n) is 6.16. The molecule has 1 aromatic carbocycles. The van der Waals surface area contributed by atoms with Gasteiger partial charge in [-0.25, -0.2) is 4.98 Å². The number of nitrogens with one attached hydrogen (secondary N) is 1. The SMILES string of the molecule is Cc1cc(C)c(-c2csc(NC(C)(C)C)n2)cc1C. The van der Waals surface area contributed by atoms with E-state index in [9.17, 15) is 0 Å². The normalized spacial score (nSPS) is 11.7. The van der Waals surface area contributed by atoms with Crippen molar-refractivity contribution >= 4 is 16.5 Å². The third kappa shape index (κ3) is 3.35. The predicted molar refractivity (Wildman–Crippen MR) is 85.1 cm³/mol. The van der Waals surface area contributed by atoms with E-state index in [1.165, 1.54) is 22.3 Å². The Morgan fingerprint density at radius 2 is 1.63 bits per heavy atom. The Kier molecular flexibility index (Phi) is 3.68. The number of aryl methyl sites for hydroxylation is 3. The molecular formula is C16H22N2S. The number of rotatable bonds is 2. The predicted octanol–water partition coefficient (Wildman–Crippen LogP) is 4.95. The summed E-state index contributed by atoms with van der Waals surface area (Å²) >= 11 is 1.67. The van der Waals surface area contributed by atoms with E-state index < -0.39 is 0 Å². The Morgan fingerprint density at radius 3 is 2.26 bits per heavy atom. The minimum absolute atomic E-state index is 0.0490. The maximum atomic E-state index is 4.70. The molecule has 2 aromatic rings. The van der Waals surface area contributed by atoms with Gasteiger partial charge in [-0.2, -0.15) is 0 Å². The van der Waals surface area contributed by atoms with Crippen LogP contribution in [0.4, 0.5) is 5.13 Å². The molecule has 0 unspecified atom stereocenters. The topological polar surface area (TPSA) is 24.9 Å². The third-order valence-electron chi connectivity index (χ3n) is 3.10. The molecule has 0 fully saturated rings. The lowest BCUT2D eigenvalue weighted by atomic mass is 9.99. The zero-order chi connectivity index (χ0) is 14.2. The zero-order valence-electron chi connectivity index (χ0n) is 12.6. The fourth-order valence-electron chi connectivity index (χ4n) is 2.01. The molecule has 0 bridgehead atoms. The summed E-state index contributed by atoms with van der Waals surface area (Å²) in [7, 11) is 0. The smallest absolute Gasteiger partial charge is 0.183 e. The van der Waals surface area contributed by atoms with Crippen molar-refractivity contribution in [2.24, 2.45) is 0 Å². The lowest BCUT2D eigenvalue weighted by molar-refractivity contribution is 0.633. The van der Waals surface area contributed by atoms with Gasteiger partial charge in [0.1, 0.15) is 0 Å². The Labute approximate surface area is 119 Å². The molecule has 0 aliphatic heterocycles. The Morgan fingerprint density at radius 1 is 1.00 bits per heavy atom. The molecule has 0 radical (unpaired) electrons. The lowest BCUT2D eigenvalue weighted by Crippen LogP contribution is -2.25. The summed E-state index contributed by atoms with van der Waals surface area (Å²) in [6.45, 7) is 12.9. The van der Waals surface area contributed by atoms with Gasteiger partial charge >= 0.3 is 0 Å². The summed E-state index contributed by atoms with van der Waals surface area (Å²) in [6.07, 6.45) is 0. The average Bonchev–Trinajstić information content (AvgIpc) is 2.69. The lowest BCUT2D eigenvalue weighted by Gasteiger charge is -2.19. The molecule has 0 amide bonds. The number of benzene rings is 1. The molecule has 0 aliphatic carbocycles. The number of aromatic nitrogens is 1. The van der Waals surface area contributed by atoms with Crippen LogP contribution in [0.2, 0.25) is 0 Å². The maximum absolute atomic E-state index is 4.70. The van der Waals surface area contributed by atoms with Crippen LogP contribution in [0.15, 0.2) is 17.5 Å². The second kappa shape index (κ2) is 4.97. The number of hydrogen-bond acceptors (Lipinski definition) is 3. The minimum Gasteiger partial charge on any atom is -0.357 e. The van der Waals surface area contributed by atoms with E-state index in [0.717, 1.165) is 10.8 Å². The van der Waals surface area contributed by atoms with Gasteiger partial charge in [0.15, 0.2) is 5.13 Å². The highest BCUT2D eigenvalue weighted by Crippen LogP contribution is 2.30. The largest absolute Gasteiger partial charge is 0.357 e. The van der Waals surface area contributed by atoms with E-state index in [1.807, 2.05) is 0 Å². The van der Waals surface area contributed by atoms with Gasteiger partial charge in [-0.15, -0.1) is 11.3 Å². The molecule has 2 nitrogen and oxygen atoms in total. The first-order valence-corrected chi connectivity index (χ1v) is 7.46. The van der Waals surface area contributed by atoms with Gasteiger partial charge in [0, 0.05) is 16.5 Å². The highest BCUT2D eigenvalue weighted by atomic mass is 32.1. The monoisotopic (exact) mass is 274 g/mol. The zero-order valence-corrected chi connectivity index (χ0v) is 13.4. The van der Waals surface area contributed by atoms with Crippen molar-refractivity contribution in [3.8, 4) is 11.3 Å². The van der Waals surface area contributed by atoms with Crippen LogP contribution < -0.4 is 5.32 Å². The van der Waals surface area contributed by atoms with Crippen LogP contribution in [0.1, 0.15) is 37.5 Å². The molecule has 3 heteroatoms. The van der Waals surface area contributed by atoms with Crippen molar-refractivity contribution in [1.82, 2.24) is 4.98 Å². The maximum Gasteiger partial charge on any atom is 0.183 e. The van der Waals surface area contributed by atoms with E-state index in [1.54, 1.807) is 11.3 Å². The van der Waals surface area contributed by atoms with E-state index in [2.05, 4.69) is 64.4 Å². The van der Waals surface area contributed by atoms with E-state index >= 15 is 0 Å². The Balaban J connectivity index is 2.36. The molecule has 0 saturated heterocycles. The molecule has 1 N–H and O–H groups in total. The highest BCUT2D eigenvalue weighted by molar-refractivity contribution is 7.14. The van der Waals surface area contributed by atoms with Gasteiger partial charge in [0.05, 0.1) is 5.69 Å². The standard InChI is InChI=1S/C16H22N2S/c1-10-7-12(3)13(8-11(10)2)14-9-19-15(17-14)18-16(4,5)6/h7-9H,1-6H3,(H,17,18). The molecule has 1 aromatic heterocycles. The van der Waals surface area contributed by atoms with Crippen LogP contribution in [-0.4, -0.2) is 10.5 Å². The van der Waals surface area contributed by atoms with Crippen molar-refractivity contribution < 1.29 is 0 Å². The van der Waals surface area contributed by atoms with Gasteiger partial charge in [0.25, 0.3) is 0 Å². The van der Waals surface area contributed by atoms with Gasteiger partial charge in [-0.3, -0.25) is 0 Å². The summed E-state index contributed by atoms with van der Waals surface area (Å²) in [5.41, 5.74) is 6.30. The van der Waals surface area contributed by atoms with Gasteiger partial charge < -0.3 is 5.32 Å². The van der Waals surface area contributed by atoms with Gasteiger partial charge in [-0.05, 0) is 64.3 Å². The fourth-order valence-corrected chi connectivity index (χ4v) is 2.93. The summed E-state index contributed by atoms with van der Waals surface area (Å²) < 4.78 is 0. The van der Waals surface area contributed by atoms with E-state index in [-0.39, 0.29) is 5.54 Å². The van der Waals surface area contributed by atoms with Crippen LogP contribution in [-0.2, 0) is 0 Å². The fraction of sp³-hybridized carbons (Fsp3) is 0.438. The molecule has 102 valence electrons. The van der Waals surface area contributed by atoms with Gasteiger partial charge in [0.2, 0.25) is 0 Å². The molecule has 0 saturated carbocycles. The minimum atomic E-state index is 0.0490. The van der Waals surface area contributed by atoms with Crippen LogP contribution >= 0.6 is 11.3 Å². The van der Waals surface area contributed by atoms with E-state index in [4.69, 9.17) is 4.98 Å². The van der Waals surface area contributed by atoms with Crippen LogP contribution in [0.25, 0.3) is 11.3 Å². The van der Waals surface area contributed by atoms with Gasteiger partial charge in [-0.1, -0.05) is 6.07 Å². The summed E-state index contributed by atoms with van der Waals surface area (Å²) in [6, 6.07) is 4.47. The molecule has 0 atom stereocenters. The molecular weight excluding hydrogens is 252 g/mol. The summed E-state index contributed by atoms with van der Waals surface area (Å²) in [5, 5.41) is 6.54. The summed E-state index contributed by atoms with van der Waals surface area (Å²) in [5.74, 6) is 0. The van der Waals surface area contributed by atoms with Crippen molar-refractivity contribution in [2.75, 3.05) is 5.32 Å². The van der Waals surface area contributed by atoms with Crippen LogP contribution in [0.5, 0.6) is 0 Å². The number of hydrogen-bond donors (Lipinski definition) is 1. The van der Waals surface area contributed by atoms with Crippen LogP contribution in [0, 0.1) is 20.8 Å². The highest BCUT2D eigenvalue weighted by Gasteiger charge is 2.13. The summed E-state index contributed by atoms with van der Waals surface area (Å²) in [4.78, 5) is 4.70. The van der Waals surface area contributed by atoms with Crippen molar-refractivity contribution in [3.63, 3.8) is 0 Å². The number of nitrogens with zero attached hydrogens (tertiary/aromatic N) is 1. The molecule has 2 rings (SSSR count). The first-order valence-electron chi connectivity index (χ1n) is 6.58. The molecule has 1 heterocycles. The van der Waals surface area contributed by atoms with Crippen LogP contribution in [0.3, 0.4) is 0 Å². The number of anilines is 1. The third-order valence-corrected chi connectivity index (χ3v) is 3.86. The molecule has 0 spiro atoms. The van der Waals surface area contributed by atoms with Crippen molar-refractivity contribution in [3.05, 3.63) is 34.2 Å². The average molecular weight is 274 g/mol. The van der Waals surface area contributed by atoms with Crippen molar-refractivity contribution in [1.29, 1.82) is 0 Å². The molecule has 0 aliphatic rings. The number of thiazole rings is 1. The van der Waals surface area contributed by atoms with E-state index in [0.29, 0.717) is 0 Å². The first kappa shape index (κ1) is 14.1. The molecule has 19 heavy (non-hydrogen) atoms. The quantitative estimate of drug-likeness (QED) is 0.838. The van der Waals surface area contributed by atoms with Crippen molar-refractivity contribution in [2.45, 2.75) is 47.1 Å². The Hall–Kier alpha value is -1.35.